The van der Waals surface area contributed by atoms with E-state index in [4.69, 9.17) is 0 Å². The van der Waals surface area contributed by atoms with Crippen LogP contribution in [0.2, 0.25) is 0 Å². The smallest absolute Gasteiger partial charge is 0.225 e. The van der Waals surface area contributed by atoms with E-state index < -0.39 is 0 Å². The van der Waals surface area contributed by atoms with Crippen LogP contribution in [-0.2, 0) is 16.1 Å². The Labute approximate surface area is 124 Å². The zero-order valence-corrected chi connectivity index (χ0v) is 12.9. The molecule has 1 aliphatic heterocycles. The molecule has 1 aromatic heterocycles. The molecule has 1 aromatic rings. The summed E-state index contributed by atoms with van der Waals surface area (Å²) in [7, 11) is 0. The molecule has 0 aromatic carbocycles. The van der Waals surface area contributed by atoms with Gasteiger partial charge in [0.15, 0.2) is 0 Å². The minimum Gasteiger partial charge on any atom is -0.356 e. The van der Waals surface area contributed by atoms with Crippen LogP contribution in [0.25, 0.3) is 0 Å². The van der Waals surface area contributed by atoms with Gasteiger partial charge in [-0.25, -0.2) is 4.98 Å². The van der Waals surface area contributed by atoms with Crippen molar-refractivity contribution in [2.75, 3.05) is 19.6 Å². The van der Waals surface area contributed by atoms with Crippen molar-refractivity contribution in [3.05, 3.63) is 11.6 Å². The van der Waals surface area contributed by atoms with Crippen LogP contribution in [0.3, 0.4) is 0 Å². The molecule has 7 heteroatoms. The molecule has 7 nitrogen and oxygen atoms in total. The highest BCUT2D eigenvalue weighted by Gasteiger charge is 2.32. The van der Waals surface area contributed by atoms with Crippen LogP contribution in [0.5, 0.6) is 0 Å². The van der Waals surface area contributed by atoms with Crippen LogP contribution in [0, 0.1) is 19.8 Å². The number of rotatable bonds is 6. The topological polar surface area (TPSA) is 80.1 Å². The molecule has 2 rings (SSSR count). The Kier molecular flexibility index (Phi) is 4.93. The maximum atomic E-state index is 12.0. The van der Waals surface area contributed by atoms with Gasteiger partial charge in [-0.1, -0.05) is 0 Å². The summed E-state index contributed by atoms with van der Waals surface area (Å²) in [6.07, 6.45) is 1.13. The molecule has 1 saturated heterocycles. The van der Waals surface area contributed by atoms with Crippen LogP contribution >= 0.6 is 0 Å². The van der Waals surface area contributed by atoms with E-state index in [0.29, 0.717) is 26.1 Å². The van der Waals surface area contributed by atoms with E-state index in [1.165, 1.54) is 0 Å². The van der Waals surface area contributed by atoms with Gasteiger partial charge in [0.25, 0.3) is 0 Å². The summed E-state index contributed by atoms with van der Waals surface area (Å²) in [5.41, 5.74) is 0. The van der Waals surface area contributed by atoms with Gasteiger partial charge >= 0.3 is 0 Å². The second-order valence-electron chi connectivity index (χ2n) is 5.41. The van der Waals surface area contributed by atoms with E-state index in [1.54, 1.807) is 4.90 Å². The lowest BCUT2D eigenvalue weighted by Crippen LogP contribution is -2.33. The van der Waals surface area contributed by atoms with Gasteiger partial charge in [-0.2, -0.15) is 5.10 Å². The van der Waals surface area contributed by atoms with Crippen molar-refractivity contribution in [2.24, 2.45) is 5.92 Å². The van der Waals surface area contributed by atoms with E-state index in [2.05, 4.69) is 15.4 Å². The highest BCUT2D eigenvalue weighted by molar-refractivity contribution is 5.89. The number of carbonyl (C=O) groups excluding carboxylic acids is 2. The van der Waals surface area contributed by atoms with Crippen LogP contribution < -0.4 is 5.32 Å². The summed E-state index contributed by atoms with van der Waals surface area (Å²) in [6, 6.07) is 0. The van der Waals surface area contributed by atoms with Gasteiger partial charge in [0, 0.05) is 32.6 Å². The van der Waals surface area contributed by atoms with E-state index in [0.717, 1.165) is 24.6 Å². The second-order valence-corrected chi connectivity index (χ2v) is 5.41. The van der Waals surface area contributed by atoms with Gasteiger partial charge in [0.1, 0.15) is 11.6 Å². The minimum atomic E-state index is -0.201. The van der Waals surface area contributed by atoms with Crippen LogP contribution in [0.4, 0.5) is 0 Å². The molecule has 116 valence electrons. The molecule has 2 heterocycles. The van der Waals surface area contributed by atoms with Gasteiger partial charge in [-0.3, -0.25) is 14.3 Å². The normalized spacial score (nSPS) is 18.3. The quantitative estimate of drug-likeness (QED) is 0.763. The van der Waals surface area contributed by atoms with Crippen LogP contribution in [0.1, 0.15) is 31.4 Å². The summed E-state index contributed by atoms with van der Waals surface area (Å²) in [5.74, 6) is 1.50. The maximum Gasteiger partial charge on any atom is 0.225 e. The summed E-state index contributed by atoms with van der Waals surface area (Å²) in [4.78, 5) is 29.6. The first-order chi connectivity index (χ1) is 10.0. The van der Waals surface area contributed by atoms with Gasteiger partial charge in [0.05, 0.1) is 5.92 Å². The van der Waals surface area contributed by atoms with E-state index in [-0.39, 0.29) is 17.7 Å². The molecular formula is C14H23N5O2. The fourth-order valence-corrected chi connectivity index (χ4v) is 2.61. The zero-order chi connectivity index (χ0) is 15.4. The number of nitrogens with zero attached hydrogens (tertiary/aromatic N) is 4. The third-order valence-corrected chi connectivity index (χ3v) is 3.78. The Morgan fingerprint density at radius 1 is 1.43 bits per heavy atom. The highest BCUT2D eigenvalue weighted by Crippen LogP contribution is 2.17. The van der Waals surface area contributed by atoms with Crippen LogP contribution in [0.15, 0.2) is 0 Å². The molecule has 1 atom stereocenters. The number of carbonyl (C=O) groups is 2. The number of aromatic nitrogens is 3. The molecule has 21 heavy (non-hydrogen) atoms. The Bertz CT molecular complexity index is 525. The largest absolute Gasteiger partial charge is 0.356 e. The van der Waals surface area contributed by atoms with E-state index in [1.807, 2.05) is 25.5 Å². The highest BCUT2D eigenvalue weighted by atomic mass is 16.2. The number of aryl methyl sites for hydroxylation is 3. The first-order valence-corrected chi connectivity index (χ1v) is 7.44. The molecule has 0 aliphatic carbocycles. The molecule has 1 fully saturated rings. The van der Waals surface area contributed by atoms with Gasteiger partial charge in [0.2, 0.25) is 11.8 Å². The Hall–Kier alpha value is -1.92. The van der Waals surface area contributed by atoms with Crippen molar-refractivity contribution >= 4 is 11.8 Å². The molecule has 0 radical (unpaired) electrons. The molecule has 0 bridgehead atoms. The van der Waals surface area contributed by atoms with Crippen molar-refractivity contribution in [1.82, 2.24) is 25.0 Å². The standard InChI is InChI=1S/C14H23N5O2/c1-4-18-9-12(8-13(18)20)14(21)15-6-5-7-19-11(3)16-10(2)17-19/h12H,4-9H2,1-3H3,(H,15,21). The van der Waals surface area contributed by atoms with Crippen molar-refractivity contribution in [3.63, 3.8) is 0 Å². The fraction of sp³-hybridized carbons (Fsp3) is 0.714. The first kappa shape index (κ1) is 15.5. The average Bonchev–Trinajstić information content (AvgIpc) is 2.97. The third-order valence-electron chi connectivity index (χ3n) is 3.78. The number of nitrogens with one attached hydrogen (secondary N) is 1. The Morgan fingerprint density at radius 3 is 2.76 bits per heavy atom. The Balaban J connectivity index is 1.70. The molecule has 1 aliphatic rings. The average molecular weight is 293 g/mol. The fourth-order valence-electron chi connectivity index (χ4n) is 2.61. The predicted molar refractivity (Wildman–Crippen MR) is 77.5 cm³/mol. The molecule has 1 N–H and O–H groups in total. The summed E-state index contributed by atoms with van der Waals surface area (Å²) >= 11 is 0. The van der Waals surface area contributed by atoms with Crippen molar-refractivity contribution < 1.29 is 9.59 Å². The van der Waals surface area contributed by atoms with Crippen molar-refractivity contribution in [2.45, 2.75) is 40.2 Å². The lowest BCUT2D eigenvalue weighted by atomic mass is 10.1. The third kappa shape index (κ3) is 3.80. The SMILES string of the molecule is CCN1CC(C(=O)NCCCn2nc(C)nc2C)CC1=O. The second kappa shape index (κ2) is 6.69. The lowest BCUT2D eigenvalue weighted by Gasteiger charge is -2.13. The lowest BCUT2D eigenvalue weighted by molar-refractivity contribution is -0.128. The van der Waals surface area contributed by atoms with E-state index in [9.17, 15) is 9.59 Å². The van der Waals surface area contributed by atoms with Crippen LogP contribution in [-0.4, -0.2) is 51.1 Å². The van der Waals surface area contributed by atoms with Gasteiger partial charge < -0.3 is 10.2 Å². The summed E-state index contributed by atoms with van der Waals surface area (Å²) in [6.45, 7) is 8.26. The maximum absolute atomic E-state index is 12.0. The monoisotopic (exact) mass is 293 g/mol. The number of hydrogen-bond donors (Lipinski definition) is 1. The first-order valence-electron chi connectivity index (χ1n) is 7.44. The minimum absolute atomic E-state index is 0.0224. The Morgan fingerprint density at radius 2 is 2.19 bits per heavy atom. The summed E-state index contributed by atoms with van der Waals surface area (Å²) in [5, 5.41) is 7.18. The van der Waals surface area contributed by atoms with Crippen molar-refractivity contribution in [1.29, 1.82) is 0 Å². The van der Waals surface area contributed by atoms with E-state index >= 15 is 0 Å². The summed E-state index contributed by atoms with van der Waals surface area (Å²) < 4.78 is 1.85. The molecule has 1 unspecified atom stereocenters. The predicted octanol–water partition coefficient (Wildman–Crippen LogP) is 0.270. The number of amides is 2. The van der Waals surface area contributed by atoms with Gasteiger partial charge in [-0.05, 0) is 27.2 Å². The van der Waals surface area contributed by atoms with Gasteiger partial charge in [-0.15, -0.1) is 0 Å². The van der Waals surface area contributed by atoms with Crippen molar-refractivity contribution in [3.8, 4) is 0 Å². The molecule has 0 saturated carbocycles. The molecular weight excluding hydrogens is 270 g/mol. The number of hydrogen-bond acceptors (Lipinski definition) is 4. The zero-order valence-electron chi connectivity index (χ0n) is 12.9. The molecule has 0 spiro atoms. The number of likely N-dealkylation sites (tertiary alicyclic amines) is 1. The molecule has 2 amide bonds.